The molecule has 0 aromatic carbocycles. The zero-order valence-corrected chi connectivity index (χ0v) is 6.88. The third kappa shape index (κ3) is 1.42. The van der Waals surface area contributed by atoms with Gasteiger partial charge in [-0.1, -0.05) is 12.0 Å². The highest BCUT2D eigenvalue weighted by Gasteiger charge is 1.96. The van der Waals surface area contributed by atoms with Crippen molar-refractivity contribution >= 4 is 0 Å². The van der Waals surface area contributed by atoms with Gasteiger partial charge < -0.3 is 0 Å². The van der Waals surface area contributed by atoms with Gasteiger partial charge in [0.05, 0.1) is 0 Å². The van der Waals surface area contributed by atoms with E-state index in [2.05, 4.69) is 16.0 Å². The van der Waals surface area contributed by atoms with Crippen LogP contribution in [0.15, 0.2) is 36.7 Å². The molecule has 2 heterocycles. The van der Waals surface area contributed by atoms with Gasteiger partial charge in [-0.05, 0) is 18.2 Å². The van der Waals surface area contributed by atoms with Crippen molar-refractivity contribution in [1.82, 2.24) is 14.8 Å². The second kappa shape index (κ2) is 3.11. The van der Waals surface area contributed by atoms with Gasteiger partial charge in [-0.15, -0.1) is 6.42 Å². The zero-order valence-electron chi connectivity index (χ0n) is 6.88. The molecule has 3 nitrogen and oxygen atoms in total. The lowest BCUT2D eigenvalue weighted by Gasteiger charge is -1.99. The third-order valence-electron chi connectivity index (χ3n) is 1.62. The van der Waals surface area contributed by atoms with E-state index < -0.39 is 0 Å². The Balaban J connectivity index is 2.49. The van der Waals surface area contributed by atoms with E-state index in [0.717, 1.165) is 5.82 Å². The van der Waals surface area contributed by atoms with Crippen molar-refractivity contribution < 1.29 is 0 Å². The molecule has 13 heavy (non-hydrogen) atoms. The maximum atomic E-state index is 5.23. The number of rotatable bonds is 1. The Bertz CT molecular complexity index is 437. The monoisotopic (exact) mass is 169 g/mol. The summed E-state index contributed by atoms with van der Waals surface area (Å²) in [6, 6.07) is 7.34. The molecule has 0 saturated heterocycles. The molecule has 0 amide bonds. The molecule has 0 N–H and O–H groups in total. The third-order valence-corrected chi connectivity index (χ3v) is 1.62. The number of nitrogens with zero attached hydrogens (tertiary/aromatic N) is 3. The van der Waals surface area contributed by atoms with Gasteiger partial charge in [0.2, 0.25) is 0 Å². The van der Waals surface area contributed by atoms with Crippen LogP contribution in [0, 0.1) is 12.3 Å². The van der Waals surface area contributed by atoms with Gasteiger partial charge in [-0.2, -0.15) is 5.10 Å². The van der Waals surface area contributed by atoms with Gasteiger partial charge in [0, 0.05) is 12.4 Å². The van der Waals surface area contributed by atoms with Crippen LogP contribution in [-0.4, -0.2) is 14.8 Å². The molecule has 2 aromatic heterocycles. The van der Waals surface area contributed by atoms with Crippen molar-refractivity contribution in [3.63, 3.8) is 0 Å². The fourth-order valence-electron chi connectivity index (χ4n) is 1.04. The summed E-state index contributed by atoms with van der Waals surface area (Å²) in [5.74, 6) is 3.21. The van der Waals surface area contributed by atoms with E-state index in [1.807, 2.05) is 24.4 Å². The molecule has 0 saturated carbocycles. The lowest BCUT2D eigenvalue weighted by atomic mass is 10.3. The maximum Gasteiger partial charge on any atom is 0.154 e. The summed E-state index contributed by atoms with van der Waals surface area (Å²) in [6.07, 6.45) is 8.75. The predicted octanol–water partition coefficient (Wildman–Crippen LogP) is 1.25. The largest absolute Gasteiger partial charge is 0.223 e. The lowest BCUT2D eigenvalue weighted by molar-refractivity contribution is 0.845. The normalized spacial score (nSPS) is 9.46. The van der Waals surface area contributed by atoms with E-state index in [9.17, 15) is 0 Å². The van der Waals surface area contributed by atoms with Crippen LogP contribution in [0.3, 0.4) is 0 Å². The first-order chi connectivity index (χ1) is 6.40. The molecular formula is C10H7N3. The van der Waals surface area contributed by atoms with E-state index in [0.29, 0.717) is 5.69 Å². The number of hydrogen-bond acceptors (Lipinski definition) is 2. The number of terminal acetylenes is 1. The van der Waals surface area contributed by atoms with Gasteiger partial charge in [-0.3, -0.25) is 0 Å². The van der Waals surface area contributed by atoms with Gasteiger partial charge in [-0.25, -0.2) is 9.67 Å². The molecule has 2 aromatic rings. The van der Waals surface area contributed by atoms with Crippen LogP contribution in [0.2, 0.25) is 0 Å². The highest BCUT2D eigenvalue weighted by atomic mass is 15.3. The molecule has 0 fully saturated rings. The smallest absolute Gasteiger partial charge is 0.154 e. The molecule has 2 rings (SSSR count). The zero-order chi connectivity index (χ0) is 9.10. The molecule has 0 radical (unpaired) electrons. The predicted molar refractivity (Wildman–Crippen MR) is 49.3 cm³/mol. The minimum absolute atomic E-state index is 0.619. The Hall–Kier alpha value is -2.08. The SMILES string of the molecule is C#Cc1cccc(-n2cccn2)n1. The first-order valence-electron chi connectivity index (χ1n) is 3.84. The summed E-state index contributed by atoms with van der Waals surface area (Å²) in [6.45, 7) is 0. The van der Waals surface area contributed by atoms with Crippen LogP contribution < -0.4 is 0 Å². The van der Waals surface area contributed by atoms with E-state index >= 15 is 0 Å². The first kappa shape index (κ1) is 7.56. The van der Waals surface area contributed by atoms with Crippen molar-refractivity contribution in [2.45, 2.75) is 0 Å². The second-order valence-corrected chi connectivity index (χ2v) is 2.48. The van der Waals surface area contributed by atoms with Crippen LogP contribution in [0.1, 0.15) is 5.69 Å². The second-order valence-electron chi connectivity index (χ2n) is 2.48. The minimum atomic E-state index is 0.619. The van der Waals surface area contributed by atoms with Gasteiger partial charge >= 0.3 is 0 Å². The summed E-state index contributed by atoms with van der Waals surface area (Å²) >= 11 is 0. The molecular weight excluding hydrogens is 162 g/mol. The summed E-state index contributed by atoms with van der Waals surface area (Å²) in [5, 5.41) is 4.05. The standard InChI is InChI=1S/C10H7N3/c1-2-9-5-3-6-10(12-9)13-8-4-7-11-13/h1,3-8H. The summed E-state index contributed by atoms with van der Waals surface area (Å²) in [4.78, 5) is 4.20. The van der Waals surface area contributed by atoms with Crippen LogP contribution in [0.5, 0.6) is 0 Å². The number of pyridine rings is 1. The Labute approximate surface area is 76.0 Å². The van der Waals surface area contributed by atoms with Crippen LogP contribution in [0.4, 0.5) is 0 Å². The average molecular weight is 169 g/mol. The van der Waals surface area contributed by atoms with Crippen molar-refractivity contribution in [3.05, 3.63) is 42.4 Å². The quantitative estimate of drug-likeness (QED) is 0.601. The summed E-state index contributed by atoms with van der Waals surface area (Å²) in [5.41, 5.74) is 0.619. The fraction of sp³-hybridized carbons (Fsp3) is 0. The maximum absolute atomic E-state index is 5.23. The first-order valence-corrected chi connectivity index (χ1v) is 3.84. The van der Waals surface area contributed by atoms with Crippen LogP contribution in [0.25, 0.3) is 5.82 Å². The molecule has 0 bridgehead atoms. The lowest BCUT2D eigenvalue weighted by Crippen LogP contribution is -1.98. The van der Waals surface area contributed by atoms with E-state index in [-0.39, 0.29) is 0 Å². The topological polar surface area (TPSA) is 30.7 Å². The van der Waals surface area contributed by atoms with Crippen LogP contribution in [-0.2, 0) is 0 Å². The van der Waals surface area contributed by atoms with Crippen molar-refractivity contribution in [2.75, 3.05) is 0 Å². The van der Waals surface area contributed by atoms with E-state index in [1.165, 1.54) is 0 Å². The molecule has 0 unspecified atom stereocenters. The van der Waals surface area contributed by atoms with Crippen LogP contribution >= 0.6 is 0 Å². The molecule has 0 spiro atoms. The highest BCUT2D eigenvalue weighted by Crippen LogP contribution is 2.02. The summed E-state index contributed by atoms with van der Waals surface area (Å²) < 4.78 is 1.67. The van der Waals surface area contributed by atoms with Gasteiger partial charge in [0.1, 0.15) is 5.69 Å². The fourth-order valence-corrected chi connectivity index (χ4v) is 1.04. The van der Waals surface area contributed by atoms with Gasteiger partial charge in [0.25, 0.3) is 0 Å². The Morgan fingerprint density at radius 3 is 2.92 bits per heavy atom. The van der Waals surface area contributed by atoms with E-state index in [1.54, 1.807) is 16.9 Å². The number of hydrogen-bond donors (Lipinski definition) is 0. The Kier molecular flexibility index (Phi) is 1.81. The van der Waals surface area contributed by atoms with Crippen molar-refractivity contribution in [1.29, 1.82) is 0 Å². The van der Waals surface area contributed by atoms with Crippen molar-refractivity contribution in [2.24, 2.45) is 0 Å². The summed E-state index contributed by atoms with van der Waals surface area (Å²) in [7, 11) is 0. The highest BCUT2D eigenvalue weighted by molar-refractivity contribution is 5.31. The molecule has 0 atom stereocenters. The Morgan fingerprint density at radius 1 is 1.31 bits per heavy atom. The Morgan fingerprint density at radius 2 is 2.23 bits per heavy atom. The van der Waals surface area contributed by atoms with Gasteiger partial charge in [0.15, 0.2) is 5.82 Å². The molecule has 0 aliphatic heterocycles. The number of aromatic nitrogens is 3. The molecule has 0 aliphatic rings. The molecule has 62 valence electrons. The minimum Gasteiger partial charge on any atom is -0.223 e. The van der Waals surface area contributed by atoms with E-state index in [4.69, 9.17) is 6.42 Å². The molecule has 3 heteroatoms. The average Bonchev–Trinajstić information content (AvgIpc) is 2.71. The molecule has 0 aliphatic carbocycles. The van der Waals surface area contributed by atoms with Crippen molar-refractivity contribution in [3.8, 4) is 18.2 Å².